The molecule has 1 aromatic carbocycles. The van der Waals surface area contributed by atoms with Gasteiger partial charge in [-0.05, 0) is 30.7 Å². The van der Waals surface area contributed by atoms with Gasteiger partial charge in [0, 0.05) is 38.4 Å². The topological polar surface area (TPSA) is 61.8 Å². The second kappa shape index (κ2) is 9.54. The maximum absolute atomic E-state index is 13.5. The molecule has 28 heavy (non-hydrogen) atoms. The van der Waals surface area contributed by atoms with Crippen LogP contribution < -0.4 is 20.3 Å². The molecular weight excluding hydrogens is 388 g/mol. The lowest BCUT2D eigenvalue weighted by Crippen LogP contribution is -2.45. The average molecular weight is 410 g/mol. The van der Waals surface area contributed by atoms with E-state index in [1.807, 2.05) is 12.1 Å². The zero-order chi connectivity index (χ0) is 19.9. The summed E-state index contributed by atoms with van der Waals surface area (Å²) in [5.41, 5.74) is 0. The average Bonchev–Trinajstić information content (AvgIpc) is 3.14. The fourth-order valence-electron chi connectivity index (χ4n) is 2.99. The van der Waals surface area contributed by atoms with E-state index in [0.717, 1.165) is 37.5 Å². The van der Waals surface area contributed by atoms with Crippen LogP contribution in [0.15, 0.2) is 41.5 Å². The zero-order valence-corrected chi connectivity index (χ0v) is 16.2. The van der Waals surface area contributed by atoms with E-state index in [9.17, 15) is 8.78 Å². The van der Waals surface area contributed by atoms with Gasteiger partial charge in [0.05, 0.1) is 11.6 Å². The zero-order valence-electron chi connectivity index (χ0n) is 15.5. The molecule has 0 saturated carbocycles. The summed E-state index contributed by atoms with van der Waals surface area (Å²) in [6, 6.07) is 7.06. The Morgan fingerprint density at radius 2 is 2.25 bits per heavy atom. The summed E-state index contributed by atoms with van der Waals surface area (Å²) in [4.78, 5) is 10.7. The standard InChI is InChI=1S/C19H22ClF2N5O/c1-23-19(25-8-10-28-17-5-4-13(21)11-16(17)22)26-14-6-9-27(12-14)18-15(20)3-2-7-24-18/h2-5,7,11,14H,6,8-10,12H2,1H3,(H2,23,25,26). The summed E-state index contributed by atoms with van der Waals surface area (Å²) in [5, 5.41) is 7.11. The van der Waals surface area contributed by atoms with Crippen molar-refractivity contribution >= 4 is 23.4 Å². The number of nitrogens with one attached hydrogen (secondary N) is 2. The second-order valence-electron chi connectivity index (χ2n) is 6.31. The second-order valence-corrected chi connectivity index (χ2v) is 6.71. The van der Waals surface area contributed by atoms with E-state index >= 15 is 0 Å². The number of pyridine rings is 1. The van der Waals surface area contributed by atoms with E-state index in [1.165, 1.54) is 6.07 Å². The van der Waals surface area contributed by atoms with E-state index in [-0.39, 0.29) is 18.4 Å². The Balaban J connectivity index is 1.43. The van der Waals surface area contributed by atoms with Crippen molar-refractivity contribution in [1.82, 2.24) is 15.6 Å². The smallest absolute Gasteiger partial charge is 0.191 e. The van der Waals surface area contributed by atoms with E-state index in [0.29, 0.717) is 17.5 Å². The summed E-state index contributed by atoms with van der Waals surface area (Å²) in [7, 11) is 1.68. The number of anilines is 1. The quantitative estimate of drug-likeness (QED) is 0.436. The molecule has 6 nitrogen and oxygen atoms in total. The molecule has 3 rings (SSSR count). The number of ether oxygens (including phenoxy) is 1. The number of hydrogen-bond acceptors (Lipinski definition) is 4. The maximum Gasteiger partial charge on any atom is 0.191 e. The van der Waals surface area contributed by atoms with Gasteiger partial charge in [-0.3, -0.25) is 4.99 Å². The molecule has 150 valence electrons. The van der Waals surface area contributed by atoms with Crippen LogP contribution in [0.2, 0.25) is 5.02 Å². The van der Waals surface area contributed by atoms with Crippen LogP contribution in [0.25, 0.3) is 0 Å². The Bertz CT molecular complexity index is 836. The van der Waals surface area contributed by atoms with Gasteiger partial charge in [0.1, 0.15) is 18.2 Å². The number of halogens is 3. The number of aromatic nitrogens is 1. The largest absolute Gasteiger partial charge is 0.489 e. The van der Waals surface area contributed by atoms with Crippen molar-refractivity contribution < 1.29 is 13.5 Å². The third-order valence-electron chi connectivity index (χ3n) is 4.34. The summed E-state index contributed by atoms with van der Waals surface area (Å²) in [5.74, 6) is 0.0741. The van der Waals surface area contributed by atoms with Crippen LogP contribution in [0.1, 0.15) is 6.42 Å². The Kier molecular flexibility index (Phi) is 6.86. The van der Waals surface area contributed by atoms with E-state index in [2.05, 4.69) is 25.5 Å². The first-order chi connectivity index (χ1) is 13.6. The molecule has 1 atom stereocenters. The highest BCUT2D eigenvalue weighted by atomic mass is 35.5. The van der Waals surface area contributed by atoms with Crippen molar-refractivity contribution in [2.75, 3.05) is 38.2 Å². The maximum atomic E-state index is 13.5. The molecule has 0 amide bonds. The predicted molar refractivity (Wildman–Crippen MR) is 106 cm³/mol. The highest BCUT2D eigenvalue weighted by Gasteiger charge is 2.25. The first kappa shape index (κ1) is 20.1. The highest BCUT2D eigenvalue weighted by molar-refractivity contribution is 6.32. The number of rotatable bonds is 6. The van der Waals surface area contributed by atoms with Crippen LogP contribution in [0.3, 0.4) is 0 Å². The molecular formula is C19H22ClF2N5O. The van der Waals surface area contributed by atoms with E-state index in [4.69, 9.17) is 16.3 Å². The molecule has 1 fully saturated rings. The van der Waals surface area contributed by atoms with Gasteiger partial charge in [0.25, 0.3) is 0 Å². The van der Waals surface area contributed by atoms with E-state index < -0.39 is 11.6 Å². The lowest BCUT2D eigenvalue weighted by Gasteiger charge is -2.20. The molecule has 0 aliphatic carbocycles. The van der Waals surface area contributed by atoms with Crippen molar-refractivity contribution in [3.63, 3.8) is 0 Å². The molecule has 0 radical (unpaired) electrons. The number of guanidine groups is 1. The lowest BCUT2D eigenvalue weighted by atomic mass is 10.3. The van der Waals surface area contributed by atoms with Crippen LogP contribution in [0.5, 0.6) is 5.75 Å². The predicted octanol–water partition coefficient (Wildman–Crippen LogP) is 2.84. The number of aliphatic imine (C=N–C) groups is 1. The minimum absolute atomic E-state index is 0.0184. The van der Waals surface area contributed by atoms with Gasteiger partial charge < -0.3 is 20.3 Å². The van der Waals surface area contributed by atoms with Gasteiger partial charge in [-0.1, -0.05) is 11.6 Å². The molecule has 2 N–H and O–H groups in total. The van der Waals surface area contributed by atoms with Gasteiger partial charge in [0.2, 0.25) is 0 Å². The third kappa shape index (κ3) is 5.22. The number of hydrogen-bond donors (Lipinski definition) is 2. The molecule has 1 unspecified atom stereocenters. The first-order valence-corrected chi connectivity index (χ1v) is 9.35. The van der Waals surface area contributed by atoms with Crippen molar-refractivity contribution in [3.05, 3.63) is 53.2 Å². The van der Waals surface area contributed by atoms with Gasteiger partial charge in [-0.15, -0.1) is 0 Å². The summed E-state index contributed by atoms with van der Waals surface area (Å²) >= 11 is 6.22. The van der Waals surface area contributed by atoms with Crippen LogP contribution in [0, 0.1) is 11.6 Å². The van der Waals surface area contributed by atoms with Gasteiger partial charge in [0.15, 0.2) is 17.5 Å². The molecule has 0 bridgehead atoms. The van der Waals surface area contributed by atoms with Crippen LogP contribution in [-0.2, 0) is 0 Å². The summed E-state index contributed by atoms with van der Waals surface area (Å²) < 4.78 is 31.8. The van der Waals surface area contributed by atoms with Crippen LogP contribution in [0.4, 0.5) is 14.6 Å². The van der Waals surface area contributed by atoms with Crippen LogP contribution >= 0.6 is 11.6 Å². The first-order valence-electron chi connectivity index (χ1n) is 8.97. The van der Waals surface area contributed by atoms with Crippen molar-refractivity contribution in [1.29, 1.82) is 0 Å². The van der Waals surface area contributed by atoms with Crippen LogP contribution in [-0.4, -0.2) is 50.3 Å². The molecule has 2 aromatic rings. The Labute approximate surface area is 167 Å². The molecule has 2 heterocycles. The third-order valence-corrected chi connectivity index (χ3v) is 4.63. The lowest BCUT2D eigenvalue weighted by molar-refractivity contribution is 0.304. The van der Waals surface area contributed by atoms with Crippen molar-refractivity contribution in [3.8, 4) is 5.75 Å². The monoisotopic (exact) mass is 409 g/mol. The minimum atomic E-state index is -0.721. The van der Waals surface area contributed by atoms with Gasteiger partial charge in [-0.25, -0.2) is 13.8 Å². The Morgan fingerprint density at radius 1 is 1.39 bits per heavy atom. The van der Waals surface area contributed by atoms with E-state index in [1.54, 1.807) is 13.2 Å². The Hall–Kier alpha value is -2.61. The fraction of sp³-hybridized carbons (Fsp3) is 0.368. The number of nitrogens with zero attached hydrogens (tertiary/aromatic N) is 3. The van der Waals surface area contributed by atoms with Gasteiger partial charge >= 0.3 is 0 Å². The normalized spacial score (nSPS) is 16.9. The molecule has 9 heteroatoms. The van der Waals surface area contributed by atoms with Crippen molar-refractivity contribution in [2.45, 2.75) is 12.5 Å². The highest BCUT2D eigenvalue weighted by Crippen LogP contribution is 2.25. The molecule has 1 aliphatic heterocycles. The van der Waals surface area contributed by atoms with Gasteiger partial charge in [-0.2, -0.15) is 0 Å². The summed E-state index contributed by atoms with van der Waals surface area (Å²) in [6.07, 6.45) is 2.65. The molecule has 1 saturated heterocycles. The molecule has 0 spiro atoms. The minimum Gasteiger partial charge on any atom is -0.489 e. The number of benzene rings is 1. The van der Waals surface area contributed by atoms with Crippen molar-refractivity contribution in [2.24, 2.45) is 4.99 Å². The fourth-order valence-corrected chi connectivity index (χ4v) is 3.23. The molecule has 1 aromatic heterocycles. The Morgan fingerprint density at radius 3 is 3.00 bits per heavy atom. The SMILES string of the molecule is CN=C(NCCOc1ccc(F)cc1F)NC1CCN(c2ncccc2Cl)C1. The molecule has 1 aliphatic rings. The summed E-state index contributed by atoms with van der Waals surface area (Å²) in [6.45, 7) is 2.23.